The summed E-state index contributed by atoms with van der Waals surface area (Å²) < 4.78 is 4.91. The van der Waals surface area contributed by atoms with Crippen molar-refractivity contribution in [1.82, 2.24) is 10.2 Å². The van der Waals surface area contributed by atoms with E-state index in [9.17, 15) is 4.79 Å². The Balaban J connectivity index is 3.77. The fraction of sp³-hybridized carbons (Fsp3) is 0.909. The van der Waals surface area contributed by atoms with Gasteiger partial charge in [-0.2, -0.15) is 0 Å². The van der Waals surface area contributed by atoms with Gasteiger partial charge >= 0.3 is 0 Å². The van der Waals surface area contributed by atoms with Crippen LogP contribution in [0.5, 0.6) is 0 Å². The van der Waals surface area contributed by atoms with Crippen molar-refractivity contribution in [3.8, 4) is 0 Å². The number of nitrogens with two attached hydrogens (primary N) is 1. The molecular weight excluding hydrogens is 206 g/mol. The summed E-state index contributed by atoms with van der Waals surface area (Å²) in [5.74, 6) is -0.0783. The highest BCUT2D eigenvalue weighted by atomic mass is 16.5. The van der Waals surface area contributed by atoms with Crippen LogP contribution < -0.4 is 11.1 Å². The summed E-state index contributed by atoms with van der Waals surface area (Å²) in [4.78, 5) is 13.7. The number of hydrogen-bond donors (Lipinski definition) is 2. The molecule has 0 rings (SSSR count). The number of hydrogen-bond acceptors (Lipinski definition) is 4. The van der Waals surface area contributed by atoms with Crippen LogP contribution in [0.15, 0.2) is 0 Å². The lowest BCUT2D eigenvalue weighted by atomic mass is 10.1. The number of carbonyl (C=O) groups excluding carboxylic acids is 1. The monoisotopic (exact) mass is 231 g/mol. The lowest BCUT2D eigenvalue weighted by molar-refractivity contribution is -0.123. The molecule has 0 saturated carbocycles. The third kappa shape index (κ3) is 7.62. The molecule has 0 aliphatic carbocycles. The van der Waals surface area contributed by atoms with E-state index in [1.807, 2.05) is 25.9 Å². The second kappa shape index (κ2) is 8.50. The van der Waals surface area contributed by atoms with E-state index in [0.29, 0.717) is 13.0 Å². The van der Waals surface area contributed by atoms with E-state index in [1.54, 1.807) is 7.11 Å². The molecule has 0 saturated heterocycles. The molecule has 0 radical (unpaired) electrons. The van der Waals surface area contributed by atoms with E-state index >= 15 is 0 Å². The zero-order chi connectivity index (χ0) is 12.6. The lowest BCUT2D eigenvalue weighted by Crippen LogP contribution is -2.47. The molecule has 1 amide bonds. The Kier molecular flexibility index (Phi) is 8.15. The molecule has 0 spiro atoms. The molecule has 0 aliphatic heterocycles. The molecule has 0 heterocycles. The van der Waals surface area contributed by atoms with Crippen molar-refractivity contribution in [3.05, 3.63) is 0 Å². The Hall–Kier alpha value is -0.650. The van der Waals surface area contributed by atoms with Gasteiger partial charge in [-0.3, -0.25) is 4.79 Å². The third-order valence-electron chi connectivity index (χ3n) is 2.23. The zero-order valence-corrected chi connectivity index (χ0v) is 10.8. The number of likely N-dealkylation sites (N-methyl/N-ethyl adjacent to an activating group) is 1. The maximum absolute atomic E-state index is 11.6. The van der Waals surface area contributed by atoms with Gasteiger partial charge in [-0.1, -0.05) is 0 Å². The first-order valence-corrected chi connectivity index (χ1v) is 5.67. The van der Waals surface area contributed by atoms with Gasteiger partial charge in [0.2, 0.25) is 5.91 Å². The first kappa shape index (κ1) is 15.3. The summed E-state index contributed by atoms with van der Waals surface area (Å²) >= 11 is 0. The Morgan fingerprint density at radius 3 is 2.62 bits per heavy atom. The van der Waals surface area contributed by atoms with E-state index in [-0.39, 0.29) is 11.9 Å². The average molecular weight is 231 g/mol. The third-order valence-corrected chi connectivity index (χ3v) is 2.23. The highest BCUT2D eigenvalue weighted by molar-refractivity contribution is 5.81. The molecule has 96 valence electrons. The number of amides is 1. The minimum Gasteiger partial charge on any atom is -0.385 e. The van der Waals surface area contributed by atoms with Gasteiger partial charge in [-0.15, -0.1) is 0 Å². The smallest absolute Gasteiger partial charge is 0.237 e. The summed E-state index contributed by atoms with van der Waals surface area (Å²) in [5, 5.41) is 2.89. The second-order valence-electron chi connectivity index (χ2n) is 4.41. The van der Waals surface area contributed by atoms with Crippen LogP contribution in [0.3, 0.4) is 0 Å². The van der Waals surface area contributed by atoms with Crippen LogP contribution in [0.4, 0.5) is 0 Å². The van der Waals surface area contributed by atoms with Crippen molar-refractivity contribution >= 4 is 5.91 Å². The van der Waals surface area contributed by atoms with Gasteiger partial charge in [0.05, 0.1) is 6.04 Å². The number of rotatable bonds is 8. The van der Waals surface area contributed by atoms with Gasteiger partial charge in [0, 0.05) is 26.3 Å². The van der Waals surface area contributed by atoms with Crippen LogP contribution in [0.2, 0.25) is 0 Å². The molecule has 2 atom stereocenters. The molecule has 5 heteroatoms. The highest BCUT2D eigenvalue weighted by Crippen LogP contribution is 1.96. The maximum Gasteiger partial charge on any atom is 0.237 e. The summed E-state index contributed by atoms with van der Waals surface area (Å²) in [6.07, 6.45) is 1.47. The van der Waals surface area contributed by atoms with Crippen molar-refractivity contribution < 1.29 is 9.53 Å². The van der Waals surface area contributed by atoms with Crippen LogP contribution >= 0.6 is 0 Å². The number of nitrogens with one attached hydrogen (secondary N) is 1. The average Bonchev–Trinajstić information content (AvgIpc) is 2.16. The van der Waals surface area contributed by atoms with Crippen LogP contribution in [0.25, 0.3) is 0 Å². The van der Waals surface area contributed by atoms with E-state index in [1.165, 1.54) is 0 Å². The van der Waals surface area contributed by atoms with E-state index in [4.69, 9.17) is 10.5 Å². The second-order valence-corrected chi connectivity index (χ2v) is 4.41. The summed E-state index contributed by atoms with van der Waals surface area (Å²) in [6, 6.07) is -0.310. The number of ether oxygens (including phenoxy) is 1. The van der Waals surface area contributed by atoms with Crippen molar-refractivity contribution in [2.45, 2.75) is 31.8 Å². The molecule has 3 N–H and O–H groups in total. The van der Waals surface area contributed by atoms with E-state index < -0.39 is 6.04 Å². The van der Waals surface area contributed by atoms with Crippen molar-refractivity contribution in [3.63, 3.8) is 0 Å². The van der Waals surface area contributed by atoms with E-state index in [2.05, 4.69) is 5.32 Å². The normalized spacial score (nSPS) is 14.9. The molecule has 5 nitrogen and oxygen atoms in total. The molecule has 16 heavy (non-hydrogen) atoms. The van der Waals surface area contributed by atoms with Gasteiger partial charge in [0.15, 0.2) is 0 Å². The SMILES string of the molecule is COCCCC(N)C(=O)NC(C)CN(C)C. The van der Waals surface area contributed by atoms with E-state index in [0.717, 1.165) is 13.0 Å². The van der Waals surface area contributed by atoms with Crippen LogP contribution in [0.1, 0.15) is 19.8 Å². The van der Waals surface area contributed by atoms with Crippen molar-refractivity contribution in [1.29, 1.82) is 0 Å². The van der Waals surface area contributed by atoms with Gasteiger partial charge < -0.3 is 20.7 Å². The first-order chi connectivity index (χ1) is 7.47. The molecule has 0 fully saturated rings. The highest BCUT2D eigenvalue weighted by Gasteiger charge is 2.15. The summed E-state index contributed by atoms with van der Waals surface area (Å²) in [7, 11) is 5.59. The summed E-state index contributed by atoms with van der Waals surface area (Å²) in [6.45, 7) is 3.44. The number of methoxy groups -OCH3 is 1. The predicted molar refractivity (Wildman–Crippen MR) is 65.2 cm³/mol. The zero-order valence-electron chi connectivity index (χ0n) is 10.8. The Morgan fingerprint density at radius 1 is 1.50 bits per heavy atom. The standard InChI is InChI=1S/C11H25N3O2/c1-9(8-14(2)3)13-11(15)10(12)6-5-7-16-4/h9-10H,5-8,12H2,1-4H3,(H,13,15). The Bertz CT molecular complexity index is 198. The Morgan fingerprint density at radius 2 is 2.12 bits per heavy atom. The topological polar surface area (TPSA) is 67.6 Å². The van der Waals surface area contributed by atoms with Gasteiger partial charge in [-0.05, 0) is 33.9 Å². The minimum absolute atomic E-state index is 0.0783. The maximum atomic E-state index is 11.6. The quantitative estimate of drug-likeness (QED) is 0.568. The number of carbonyl (C=O) groups is 1. The van der Waals surface area contributed by atoms with Gasteiger partial charge in [0.25, 0.3) is 0 Å². The fourth-order valence-electron chi connectivity index (χ4n) is 1.52. The molecule has 0 aromatic rings. The van der Waals surface area contributed by atoms with Crippen LogP contribution in [-0.4, -0.2) is 57.2 Å². The van der Waals surface area contributed by atoms with Gasteiger partial charge in [0.1, 0.15) is 0 Å². The molecule has 0 aromatic heterocycles. The van der Waals surface area contributed by atoms with Crippen LogP contribution in [0, 0.1) is 0 Å². The number of nitrogens with zero attached hydrogens (tertiary/aromatic N) is 1. The van der Waals surface area contributed by atoms with Gasteiger partial charge in [-0.25, -0.2) is 0 Å². The molecule has 0 bridgehead atoms. The van der Waals surface area contributed by atoms with Crippen LogP contribution in [-0.2, 0) is 9.53 Å². The molecule has 0 aromatic carbocycles. The van der Waals surface area contributed by atoms with Crippen molar-refractivity contribution in [2.24, 2.45) is 5.73 Å². The molecule has 2 unspecified atom stereocenters. The molecule has 0 aliphatic rings. The fourth-order valence-corrected chi connectivity index (χ4v) is 1.52. The predicted octanol–water partition coefficient (Wildman–Crippen LogP) is -0.193. The largest absolute Gasteiger partial charge is 0.385 e. The minimum atomic E-state index is -0.431. The Labute approximate surface area is 98.3 Å². The first-order valence-electron chi connectivity index (χ1n) is 5.67. The molecular formula is C11H25N3O2. The summed E-state index contributed by atoms with van der Waals surface area (Å²) in [5.41, 5.74) is 5.76. The van der Waals surface area contributed by atoms with Crippen molar-refractivity contribution in [2.75, 3.05) is 34.4 Å². The lowest BCUT2D eigenvalue weighted by Gasteiger charge is -2.20.